The number of nitrogens with one attached hydrogen (secondary N) is 1. The van der Waals surface area contributed by atoms with Crippen molar-refractivity contribution in [2.45, 2.75) is 19.9 Å². The number of hydrogen-bond acceptors (Lipinski definition) is 7. The quantitative estimate of drug-likeness (QED) is 0.256. The highest BCUT2D eigenvalue weighted by Gasteiger charge is 2.27. The van der Waals surface area contributed by atoms with Crippen molar-refractivity contribution in [1.29, 1.82) is 0 Å². The number of pyridine rings is 1. The average molecular weight is 485 g/mol. The van der Waals surface area contributed by atoms with Gasteiger partial charge in [-0.25, -0.2) is 4.99 Å². The van der Waals surface area contributed by atoms with E-state index in [1.54, 1.807) is 42.5 Å². The maximum Gasteiger partial charge on any atom is 0.273 e. The second kappa shape index (κ2) is 13.4. The lowest BCUT2D eigenvalue weighted by Crippen LogP contribution is -2.41. The van der Waals surface area contributed by atoms with Crippen molar-refractivity contribution in [2.75, 3.05) is 39.2 Å². The second-order valence-electron chi connectivity index (χ2n) is 7.84. The molecule has 2 rings (SSSR count). The number of amides is 1. The Kier molecular flexibility index (Phi) is 10.6. The number of rotatable bonds is 13. The normalized spacial score (nSPS) is 11.3. The second-order valence-corrected chi connectivity index (χ2v) is 8.27. The summed E-state index contributed by atoms with van der Waals surface area (Å²) in [6.07, 6.45) is 5.55. The molecule has 34 heavy (non-hydrogen) atoms. The van der Waals surface area contributed by atoms with Gasteiger partial charge in [-0.1, -0.05) is 30.3 Å². The number of anilines is 1. The zero-order valence-corrected chi connectivity index (χ0v) is 20.8. The van der Waals surface area contributed by atoms with Gasteiger partial charge in [0.15, 0.2) is 5.82 Å². The van der Waals surface area contributed by atoms with Crippen LogP contribution in [-0.2, 0) is 11.3 Å². The van der Waals surface area contributed by atoms with E-state index in [9.17, 15) is 9.90 Å². The largest absolute Gasteiger partial charge is 0.396 e. The third kappa shape index (κ3) is 7.60. The molecular formula is C25H33ClN6O2. The van der Waals surface area contributed by atoms with Crippen molar-refractivity contribution in [3.63, 3.8) is 0 Å². The molecule has 0 saturated heterocycles. The van der Waals surface area contributed by atoms with Crippen LogP contribution in [0.3, 0.4) is 0 Å². The fraction of sp³-hybridized carbons (Fsp3) is 0.320. The van der Waals surface area contributed by atoms with E-state index in [1.807, 2.05) is 42.2 Å². The van der Waals surface area contributed by atoms with Gasteiger partial charge in [0.2, 0.25) is 0 Å². The van der Waals surface area contributed by atoms with E-state index in [4.69, 9.17) is 11.6 Å². The Bertz CT molecular complexity index is 1010. The minimum Gasteiger partial charge on any atom is -0.396 e. The third-order valence-corrected chi connectivity index (χ3v) is 5.37. The van der Waals surface area contributed by atoms with E-state index in [0.29, 0.717) is 42.7 Å². The van der Waals surface area contributed by atoms with Gasteiger partial charge in [-0.15, -0.1) is 0 Å². The first-order valence-electron chi connectivity index (χ1n) is 10.9. The molecule has 2 N–H and O–H groups in total. The molecule has 0 aliphatic rings. The number of aryl methyl sites for hydroxylation is 1. The van der Waals surface area contributed by atoms with Crippen LogP contribution in [0.1, 0.15) is 17.5 Å². The van der Waals surface area contributed by atoms with Crippen molar-refractivity contribution in [1.82, 2.24) is 19.7 Å². The Morgan fingerprint density at radius 2 is 1.97 bits per heavy atom. The first kappa shape index (κ1) is 26.9. The van der Waals surface area contributed by atoms with Gasteiger partial charge in [-0.05, 0) is 55.6 Å². The fourth-order valence-electron chi connectivity index (χ4n) is 3.27. The standard InChI is InChI=1S/C25H33ClN6O2/c1-6-30(4)24(27-3)23(25(34)31(5)12-7-13-33)32(17-20-8-10-21(26)11-9-20)18-29-22-14-19(2)15-28-16-22/h6,8-11,14-16,29,33H,1,3,7,12-13,17-18H2,2,4-5H3/b24-23+. The monoisotopic (exact) mass is 484 g/mol. The van der Waals surface area contributed by atoms with Crippen LogP contribution in [0.25, 0.3) is 0 Å². The van der Waals surface area contributed by atoms with Crippen molar-refractivity contribution >= 4 is 29.9 Å². The maximum absolute atomic E-state index is 13.7. The summed E-state index contributed by atoms with van der Waals surface area (Å²) >= 11 is 6.08. The van der Waals surface area contributed by atoms with Gasteiger partial charge in [0.25, 0.3) is 5.91 Å². The molecule has 0 aliphatic heterocycles. The summed E-state index contributed by atoms with van der Waals surface area (Å²) in [5, 5.41) is 13.2. The number of aliphatic hydroxyl groups is 1. The lowest BCUT2D eigenvalue weighted by atomic mass is 10.2. The van der Waals surface area contributed by atoms with Crippen LogP contribution in [0.15, 0.2) is 72.0 Å². The molecule has 0 saturated carbocycles. The molecule has 9 heteroatoms. The Labute approximate surface area is 206 Å². The van der Waals surface area contributed by atoms with Gasteiger partial charge >= 0.3 is 0 Å². The molecule has 0 bridgehead atoms. The van der Waals surface area contributed by atoms with Crippen molar-refractivity contribution < 1.29 is 9.90 Å². The number of benzene rings is 1. The first-order chi connectivity index (χ1) is 16.3. The molecule has 1 amide bonds. The van der Waals surface area contributed by atoms with Crippen LogP contribution in [0, 0.1) is 6.92 Å². The summed E-state index contributed by atoms with van der Waals surface area (Å²) in [7, 11) is 3.46. The lowest BCUT2D eigenvalue weighted by molar-refractivity contribution is -0.128. The molecule has 1 aromatic carbocycles. The highest BCUT2D eigenvalue weighted by molar-refractivity contribution is 6.30. The number of aliphatic hydroxyl groups excluding tert-OH is 1. The Morgan fingerprint density at radius 1 is 1.26 bits per heavy atom. The molecule has 0 unspecified atom stereocenters. The number of hydrogen-bond donors (Lipinski definition) is 2. The molecule has 0 atom stereocenters. The number of halogens is 1. The minimum absolute atomic E-state index is 0.00774. The van der Waals surface area contributed by atoms with Gasteiger partial charge in [0.1, 0.15) is 5.70 Å². The molecule has 1 aromatic heterocycles. The third-order valence-electron chi connectivity index (χ3n) is 5.12. The van der Waals surface area contributed by atoms with E-state index in [0.717, 1.165) is 16.8 Å². The number of aromatic nitrogens is 1. The lowest BCUT2D eigenvalue weighted by Gasteiger charge is -2.32. The molecule has 182 valence electrons. The highest BCUT2D eigenvalue weighted by atomic mass is 35.5. The van der Waals surface area contributed by atoms with Crippen LogP contribution in [0.5, 0.6) is 0 Å². The van der Waals surface area contributed by atoms with Crippen LogP contribution in [-0.4, -0.2) is 71.3 Å². The van der Waals surface area contributed by atoms with Crippen LogP contribution >= 0.6 is 11.6 Å². The molecule has 0 spiro atoms. The van der Waals surface area contributed by atoms with Gasteiger partial charge in [0.05, 0.1) is 12.4 Å². The number of carbonyl (C=O) groups excluding carboxylic acids is 1. The Balaban J connectivity index is 2.53. The zero-order valence-electron chi connectivity index (χ0n) is 20.0. The fourth-order valence-corrected chi connectivity index (χ4v) is 3.39. The first-order valence-corrected chi connectivity index (χ1v) is 11.3. The summed E-state index contributed by atoms with van der Waals surface area (Å²) in [6.45, 7) is 10.6. The van der Waals surface area contributed by atoms with E-state index in [-0.39, 0.29) is 12.5 Å². The van der Waals surface area contributed by atoms with Gasteiger partial charge in [0, 0.05) is 51.2 Å². The van der Waals surface area contributed by atoms with E-state index >= 15 is 0 Å². The van der Waals surface area contributed by atoms with E-state index < -0.39 is 0 Å². The Morgan fingerprint density at radius 3 is 2.56 bits per heavy atom. The zero-order chi connectivity index (χ0) is 25.1. The molecule has 2 aromatic rings. The Hall–Kier alpha value is -3.36. The van der Waals surface area contributed by atoms with Crippen LogP contribution < -0.4 is 5.32 Å². The SMILES string of the molecule is C=CN(C)/C(N=C)=C(\C(=O)N(C)CCCO)N(CNc1cncc(C)c1)Cc1ccc(Cl)cc1. The summed E-state index contributed by atoms with van der Waals surface area (Å²) in [5.41, 5.74) is 3.15. The smallest absolute Gasteiger partial charge is 0.273 e. The molecule has 0 fully saturated rings. The maximum atomic E-state index is 13.7. The van der Waals surface area contributed by atoms with E-state index in [2.05, 4.69) is 28.6 Å². The highest BCUT2D eigenvalue weighted by Crippen LogP contribution is 2.22. The van der Waals surface area contributed by atoms with Gasteiger partial charge in [-0.2, -0.15) is 0 Å². The van der Waals surface area contributed by atoms with Crippen LogP contribution in [0.2, 0.25) is 5.02 Å². The number of likely N-dealkylation sites (N-methyl/N-ethyl adjacent to an activating group) is 1. The van der Waals surface area contributed by atoms with Gasteiger partial charge < -0.3 is 25.1 Å². The summed E-state index contributed by atoms with van der Waals surface area (Å²) < 4.78 is 0. The molecule has 1 heterocycles. The summed E-state index contributed by atoms with van der Waals surface area (Å²) in [5.74, 6) is 0.122. The minimum atomic E-state index is -0.248. The average Bonchev–Trinajstić information content (AvgIpc) is 2.84. The topological polar surface area (TPSA) is 84.3 Å². The molecule has 0 radical (unpaired) electrons. The van der Waals surface area contributed by atoms with E-state index in [1.165, 1.54) is 0 Å². The van der Waals surface area contributed by atoms with Crippen molar-refractivity contribution in [3.8, 4) is 0 Å². The molecule has 8 nitrogen and oxygen atoms in total. The summed E-state index contributed by atoms with van der Waals surface area (Å²) in [6, 6.07) is 9.44. The summed E-state index contributed by atoms with van der Waals surface area (Å²) in [4.78, 5) is 27.2. The predicted octanol–water partition coefficient (Wildman–Crippen LogP) is 3.70. The van der Waals surface area contributed by atoms with Crippen molar-refractivity contribution in [3.05, 3.63) is 83.2 Å². The van der Waals surface area contributed by atoms with Gasteiger partial charge in [-0.3, -0.25) is 9.78 Å². The predicted molar refractivity (Wildman–Crippen MR) is 138 cm³/mol. The number of nitrogens with zero attached hydrogens (tertiary/aromatic N) is 5. The molecule has 0 aliphatic carbocycles. The number of aliphatic imine (C=N–C) groups is 1. The van der Waals surface area contributed by atoms with Crippen molar-refractivity contribution in [2.24, 2.45) is 4.99 Å². The molecular weight excluding hydrogens is 452 g/mol. The number of carbonyl (C=O) groups is 1. The van der Waals surface area contributed by atoms with Crippen LogP contribution in [0.4, 0.5) is 5.69 Å².